The van der Waals surface area contributed by atoms with E-state index >= 15 is 0 Å². The molecule has 0 heterocycles. The zero-order chi connectivity index (χ0) is 10.4. The molecule has 1 atom stereocenters. The van der Waals surface area contributed by atoms with Crippen molar-refractivity contribution in [1.82, 2.24) is 10.6 Å². The number of ether oxygens (including phenoxy) is 1. The van der Waals surface area contributed by atoms with Crippen LogP contribution in [0.5, 0.6) is 0 Å². The number of carbonyl (C=O) groups is 2. The van der Waals surface area contributed by atoms with Gasteiger partial charge in [0.05, 0.1) is 7.11 Å². The minimum Gasteiger partial charge on any atom is -0.467 e. The van der Waals surface area contributed by atoms with E-state index in [1.807, 2.05) is 13.8 Å². The van der Waals surface area contributed by atoms with Crippen LogP contribution >= 0.6 is 0 Å². The van der Waals surface area contributed by atoms with Gasteiger partial charge in [0.2, 0.25) is 0 Å². The van der Waals surface area contributed by atoms with Gasteiger partial charge in [0, 0.05) is 6.04 Å². The molecule has 0 aromatic rings. The summed E-state index contributed by atoms with van der Waals surface area (Å²) in [5.41, 5.74) is 0. The summed E-state index contributed by atoms with van der Waals surface area (Å²) in [5, 5.41) is 5.03. The zero-order valence-electron chi connectivity index (χ0n) is 8.38. The lowest BCUT2D eigenvalue weighted by atomic mass is 10.3. The molecule has 5 heteroatoms. The molecule has 0 aromatic carbocycles. The van der Waals surface area contributed by atoms with Crippen molar-refractivity contribution < 1.29 is 14.3 Å². The first-order valence-electron chi connectivity index (χ1n) is 4.12. The number of urea groups is 1. The van der Waals surface area contributed by atoms with E-state index in [0.717, 1.165) is 0 Å². The van der Waals surface area contributed by atoms with Crippen molar-refractivity contribution in [3.63, 3.8) is 0 Å². The van der Waals surface area contributed by atoms with Crippen molar-refractivity contribution in [3.8, 4) is 0 Å². The second-order valence-corrected chi connectivity index (χ2v) is 3.02. The number of nitrogens with one attached hydrogen (secondary N) is 2. The van der Waals surface area contributed by atoms with Crippen LogP contribution in [-0.4, -0.2) is 31.2 Å². The summed E-state index contributed by atoms with van der Waals surface area (Å²) in [6.45, 7) is 5.23. The molecule has 0 bridgehead atoms. The molecule has 0 aliphatic carbocycles. The van der Waals surface area contributed by atoms with Gasteiger partial charge in [0.1, 0.15) is 6.04 Å². The number of amides is 2. The normalized spacial score (nSPS) is 12.1. The average molecular weight is 188 g/mol. The second-order valence-electron chi connectivity index (χ2n) is 3.02. The second kappa shape index (κ2) is 5.40. The Morgan fingerprint density at radius 1 is 1.15 bits per heavy atom. The molecule has 0 aromatic heterocycles. The third kappa shape index (κ3) is 5.05. The van der Waals surface area contributed by atoms with E-state index in [1.54, 1.807) is 6.92 Å². The number of methoxy groups -OCH3 is 1. The number of hydrogen-bond donors (Lipinski definition) is 2. The van der Waals surface area contributed by atoms with Gasteiger partial charge in [-0.3, -0.25) is 0 Å². The Labute approximate surface area is 77.8 Å². The van der Waals surface area contributed by atoms with Crippen LogP contribution in [-0.2, 0) is 9.53 Å². The van der Waals surface area contributed by atoms with Gasteiger partial charge in [0.25, 0.3) is 0 Å². The maximum atomic E-state index is 11.1. The van der Waals surface area contributed by atoms with Crippen LogP contribution in [0.4, 0.5) is 4.79 Å². The van der Waals surface area contributed by atoms with E-state index in [2.05, 4.69) is 15.4 Å². The van der Waals surface area contributed by atoms with Crippen LogP contribution in [0.2, 0.25) is 0 Å². The number of carbonyl (C=O) groups excluding carboxylic acids is 2. The van der Waals surface area contributed by atoms with Crippen molar-refractivity contribution in [2.24, 2.45) is 0 Å². The molecule has 0 saturated heterocycles. The van der Waals surface area contributed by atoms with Crippen LogP contribution in [0, 0.1) is 0 Å². The van der Waals surface area contributed by atoms with E-state index < -0.39 is 12.0 Å². The Morgan fingerprint density at radius 3 is 2.08 bits per heavy atom. The minimum atomic E-state index is -0.622. The van der Waals surface area contributed by atoms with Gasteiger partial charge < -0.3 is 15.4 Å². The molecule has 2 N–H and O–H groups in total. The van der Waals surface area contributed by atoms with E-state index in [0.29, 0.717) is 0 Å². The smallest absolute Gasteiger partial charge is 0.328 e. The summed E-state index contributed by atoms with van der Waals surface area (Å²) < 4.78 is 4.44. The maximum absolute atomic E-state index is 11.1. The predicted octanol–water partition coefficient (Wildman–Crippen LogP) is 0.255. The Kier molecular flexibility index (Phi) is 4.87. The fraction of sp³-hybridized carbons (Fsp3) is 0.750. The summed E-state index contributed by atoms with van der Waals surface area (Å²) in [5.74, 6) is -0.459. The molecule has 0 spiro atoms. The highest BCUT2D eigenvalue weighted by Crippen LogP contribution is 1.86. The lowest BCUT2D eigenvalue weighted by Gasteiger charge is -2.13. The fourth-order valence-corrected chi connectivity index (χ4v) is 0.736. The molecule has 0 fully saturated rings. The molecule has 13 heavy (non-hydrogen) atoms. The number of rotatable bonds is 3. The highest BCUT2D eigenvalue weighted by Gasteiger charge is 2.15. The Hall–Kier alpha value is -1.26. The van der Waals surface area contributed by atoms with Crippen LogP contribution in [0.3, 0.4) is 0 Å². The predicted molar refractivity (Wildman–Crippen MR) is 48.3 cm³/mol. The van der Waals surface area contributed by atoms with E-state index in [9.17, 15) is 9.59 Å². The Balaban J connectivity index is 3.85. The third-order valence-electron chi connectivity index (χ3n) is 1.32. The Bertz CT molecular complexity index is 192. The molecule has 76 valence electrons. The number of hydrogen-bond acceptors (Lipinski definition) is 3. The molecule has 0 saturated carbocycles. The summed E-state index contributed by atoms with van der Waals surface area (Å²) >= 11 is 0. The minimum absolute atomic E-state index is 0.0462. The van der Waals surface area contributed by atoms with Gasteiger partial charge in [-0.2, -0.15) is 0 Å². The molecule has 0 rings (SSSR count). The van der Waals surface area contributed by atoms with Gasteiger partial charge in [-0.15, -0.1) is 0 Å². The van der Waals surface area contributed by atoms with Crippen molar-refractivity contribution in [3.05, 3.63) is 0 Å². The van der Waals surface area contributed by atoms with Gasteiger partial charge >= 0.3 is 12.0 Å². The van der Waals surface area contributed by atoms with Crippen molar-refractivity contribution in [1.29, 1.82) is 0 Å². The van der Waals surface area contributed by atoms with Crippen LogP contribution in [0.1, 0.15) is 20.8 Å². The molecular formula is C8H16N2O3. The molecular weight excluding hydrogens is 172 g/mol. The van der Waals surface area contributed by atoms with Gasteiger partial charge in [0.15, 0.2) is 0 Å². The lowest BCUT2D eigenvalue weighted by molar-refractivity contribution is -0.142. The summed E-state index contributed by atoms with van der Waals surface area (Å²) in [6.07, 6.45) is 0. The molecule has 0 aliphatic heterocycles. The van der Waals surface area contributed by atoms with Gasteiger partial charge in [-0.25, -0.2) is 9.59 Å². The largest absolute Gasteiger partial charge is 0.467 e. The molecule has 2 amide bonds. The first kappa shape index (κ1) is 11.7. The lowest BCUT2D eigenvalue weighted by Crippen LogP contribution is -2.46. The van der Waals surface area contributed by atoms with Gasteiger partial charge in [-0.1, -0.05) is 0 Å². The monoisotopic (exact) mass is 188 g/mol. The molecule has 5 nitrogen and oxygen atoms in total. The zero-order valence-corrected chi connectivity index (χ0v) is 8.38. The van der Waals surface area contributed by atoms with Crippen molar-refractivity contribution in [2.75, 3.05) is 7.11 Å². The highest BCUT2D eigenvalue weighted by molar-refractivity contribution is 5.83. The molecule has 0 aliphatic rings. The first-order valence-corrected chi connectivity index (χ1v) is 4.12. The summed E-state index contributed by atoms with van der Waals surface area (Å²) in [7, 11) is 1.28. The summed E-state index contributed by atoms with van der Waals surface area (Å²) in [6, 6.07) is -0.943. The van der Waals surface area contributed by atoms with Gasteiger partial charge in [-0.05, 0) is 20.8 Å². The standard InChI is InChI=1S/C8H16N2O3/c1-5(2)9-8(12)10-6(3)7(11)13-4/h5-6H,1-4H3,(H2,9,10,12). The quantitative estimate of drug-likeness (QED) is 0.624. The van der Waals surface area contributed by atoms with Crippen LogP contribution in [0.25, 0.3) is 0 Å². The summed E-state index contributed by atoms with van der Waals surface area (Å²) in [4.78, 5) is 21.9. The maximum Gasteiger partial charge on any atom is 0.328 e. The van der Waals surface area contributed by atoms with E-state index in [1.165, 1.54) is 7.11 Å². The van der Waals surface area contributed by atoms with E-state index in [4.69, 9.17) is 0 Å². The molecule has 0 radical (unpaired) electrons. The average Bonchev–Trinajstić information content (AvgIpc) is 2.01. The van der Waals surface area contributed by atoms with E-state index in [-0.39, 0.29) is 12.1 Å². The number of esters is 1. The fourth-order valence-electron chi connectivity index (χ4n) is 0.736. The topological polar surface area (TPSA) is 67.4 Å². The Morgan fingerprint density at radius 2 is 1.69 bits per heavy atom. The van der Waals surface area contributed by atoms with Crippen molar-refractivity contribution in [2.45, 2.75) is 32.9 Å². The van der Waals surface area contributed by atoms with Crippen LogP contribution < -0.4 is 10.6 Å². The van der Waals surface area contributed by atoms with Crippen LogP contribution in [0.15, 0.2) is 0 Å². The van der Waals surface area contributed by atoms with Crippen molar-refractivity contribution >= 4 is 12.0 Å². The highest BCUT2D eigenvalue weighted by atomic mass is 16.5. The SMILES string of the molecule is COC(=O)C(C)NC(=O)NC(C)C. The first-order chi connectivity index (χ1) is 5.97. The molecule has 1 unspecified atom stereocenters. The third-order valence-corrected chi connectivity index (χ3v) is 1.32.